The summed E-state index contributed by atoms with van der Waals surface area (Å²) in [5, 5.41) is 0. The third-order valence-electron chi connectivity index (χ3n) is 6.44. The highest BCUT2D eigenvalue weighted by molar-refractivity contribution is 5.18. The molecule has 2 unspecified atom stereocenters. The molecular formula is C18H29NO4. The van der Waals surface area contributed by atoms with Crippen molar-refractivity contribution in [2.24, 2.45) is 29.4 Å². The van der Waals surface area contributed by atoms with E-state index in [9.17, 15) is 0 Å². The van der Waals surface area contributed by atoms with E-state index in [1.165, 1.54) is 18.4 Å². The first kappa shape index (κ1) is 16.0. The van der Waals surface area contributed by atoms with E-state index in [1.54, 1.807) is 0 Å². The van der Waals surface area contributed by atoms with Gasteiger partial charge in [0, 0.05) is 24.7 Å². The minimum atomic E-state index is -0.819. The van der Waals surface area contributed by atoms with Gasteiger partial charge in [0.25, 0.3) is 0 Å². The second-order valence-electron chi connectivity index (χ2n) is 8.17. The van der Waals surface area contributed by atoms with Crippen molar-refractivity contribution in [2.45, 2.75) is 70.4 Å². The van der Waals surface area contributed by atoms with Gasteiger partial charge in [-0.1, -0.05) is 25.5 Å². The van der Waals surface area contributed by atoms with Crippen LogP contribution < -0.4 is 5.73 Å². The van der Waals surface area contributed by atoms with Crippen molar-refractivity contribution in [3.8, 4) is 0 Å². The highest BCUT2D eigenvalue weighted by Gasteiger charge is 2.56. The molecule has 0 amide bonds. The van der Waals surface area contributed by atoms with Crippen molar-refractivity contribution in [1.82, 2.24) is 0 Å². The molecule has 0 aromatic heterocycles. The number of rotatable bonds is 1. The maximum absolute atomic E-state index is 5.97. The molecule has 5 rings (SSSR count). The van der Waals surface area contributed by atoms with Gasteiger partial charge in [-0.3, -0.25) is 0 Å². The molecule has 1 saturated heterocycles. The summed E-state index contributed by atoms with van der Waals surface area (Å²) >= 11 is 0. The zero-order valence-corrected chi connectivity index (χ0v) is 14.3. The molecule has 2 N–H and O–H groups in total. The standard InChI is InChI=1S/C18H29NO4/c1-12-7-15-9-16(10-15)8-13(2)18(12)22-20-17(21-23-18)5-3-14(11-19)4-6-17/h7,12-14,16H,3-6,8-11,19H2,1-2H3. The second kappa shape index (κ2) is 5.81. The van der Waals surface area contributed by atoms with Crippen molar-refractivity contribution in [3.63, 3.8) is 0 Å². The molecule has 2 saturated carbocycles. The Kier molecular flexibility index (Phi) is 4.05. The Labute approximate surface area is 138 Å². The maximum Gasteiger partial charge on any atom is 0.242 e. The third-order valence-corrected chi connectivity index (χ3v) is 6.44. The molecule has 0 aromatic rings. The highest BCUT2D eigenvalue weighted by atomic mass is 17.4. The molecule has 23 heavy (non-hydrogen) atoms. The summed E-state index contributed by atoms with van der Waals surface area (Å²) in [6.07, 6.45) is 9.39. The van der Waals surface area contributed by atoms with E-state index in [2.05, 4.69) is 19.9 Å². The van der Waals surface area contributed by atoms with Crippen LogP contribution in [0.3, 0.4) is 0 Å². The normalized spacial score (nSPS) is 50.1. The number of hydrogen-bond acceptors (Lipinski definition) is 5. The summed E-state index contributed by atoms with van der Waals surface area (Å²) in [6, 6.07) is 0. The fraction of sp³-hybridized carbons (Fsp3) is 0.889. The summed E-state index contributed by atoms with van der Waals surface area (Å²) in [5.41, 5.74) is 7.29. The van der Waals surface area contributed by atoms with Gasteiger partial charge in [-0.05, 0) is 50.5 Å². The van der Waals surface area contributed by atoms with Crippen LogP contribution in [0.5, 0.6) is 0 Å². The van der Waals surface area contributed by atoms with Gasteiger partial charge in [-0.2, -0.15) is 19.6 Å². The summed E-state index contributed by atoms with van der Waals surface area (Å²) < 4.78 is 0. The lowest BCUT2D eigenvalue weighted by molar-refractivity contribution is -0.672. The number of hydrogen-bond donors (Lipinski definition) is 1. The van der Waals surface area contributed by atoms with Gasteiger partial charge in [-0.15, -0.1) is 0 Å². The quantitative estimate of drug-likeness (QED) is 0.591. The Bertz CT molecular complexity index is 465. The van der Waals surface area contributed by atoms with Crippen molar-refractivity contribution < 1.29 is 19.6 Å². The third kappa shape index (κ3) is 2.67. The average molecular weight is 323 g/mol. The number of nitrogens with two attached hydrogens (primary N) is 1. The van der Waals surface area contributed by atoms with Crippen LogP contribution in [-0.4, -0.2) is 18.1 Å². The van der Waals surface area contributed by atoms with E-state index in [4.69, 9.17) is 25.3 Å². The van der Waals surface area contributed by atoms with Crippen LogP contribution >= 0.6 is 0 Å². The molecule has 5 nitrogen and oxygen atoms in total. The van der Waals surface area contributed by atoms with Gasteiger partial charge in [0.1, 0.15) is 0 Å². The topological polar surface area (TPSA) is 62.9 Å². The molecule has 0 aromatic carbocycles. The first-order valence-electron chi connectivity index (χ1n) is 9.18. The Morgan fingerprint density at radius 3 is 2.35 bits per heavy atom. The fourth-order valence-electron chi connectivity index (χ4n) is 4.71. The van der Waals surface area contributed by atoms with E-state index in [-0.39, 0.29) is 11.8 Å². The summed E-state index contributed by atoms with van der Waals surface area (Å²) in [5.74, 6) is 0.100. The minimum Gasteiger partial charge on any atom is -0.330 e. The molecule has 1 aliphatic heterocycles. The Balaban J connectivity index is 1.48. The van der Waals surface area contributed by atoms with Crippen LogP contribution in [0.25, 0.3) is 0 Å². The largest absolute Gasteiger partial charge is 0.330 e. The van der Waals surface area contributed by atoms with Gasteiger partial charge in [0.2, 0.25) is 11.6 Å². The smallest absolute Gasteiger partial charge is 0.242 e. The maximum atomic E-state index is 5.97. The van der Waals surface area contributed by atoms with E-state index in [0.29, 0.717) is 5.92 Å². The molecule has 3 fully saturated rings. The monoisotopic (exact) mass is 323 g/mol. The van der Waals surface area contributed by atoms with Crippen molar-refractivity contribution in [1.29, 1.82) is 0 Å². The molecule has 5 heteroatoms. The molecule has 4 aliphatic carbocycles. The van der Waals surface area contributed by atoms with Crippen LogP contribution in [0.2, 0.25) is 0 Å². The zero-order chi connectivity index (χ0) is 16.1. The number of allylic oxidation sites excluding steroid dienone is 1. The molecule has 2 bridgehead atoms. The minimum absolute atomic E-state index is 0.117. The van der Waals surface area contributed by atoms with Gasteiger partial charge in [0.15, 0.2) is 0 Å². The first-order valence-corrected chi connectivity index (χ1v) is 9.18. The lowest BCUT2D eigenvalue weighted by Gasteiger charge is -2.51. The summed E-state index contributed by atoms with van der Waals surface area (Å²) in [7, 11) is 0. The molecule has 130 valence electrons. The van der Waals surface area contributed by atoms with Gasteiger partial charge in [-0.25, -0.2) is 0 Å². The van der Waals surface area contributed by atoms with Crippen molar-refractivity contribution in [3.05, 3.63) is 11.6 Å². The lowest BCUT2D eigenvalue weighted by atomic mass is 9.68. The zero-order valence-electron chi connectivity index (χ0n) is 14.3. The van der Waals surface area contributed by atoms with E-state index in [0.717, 1.165) is 44.6 Å². The number of fused-ring (bicyclic) bond motifs is 2. The first-order chi connectivity index (χ1) is 11.1. The van der Waals surface area contributed by atoms with E-state index in [1.807, 2.05) is 0 Å². The highest BCUT2D eigenvalue weighted by Crippen LogP contribution is 2.51. The van der Waals surface area contributed by atoms with E-state index < -0.39 is 11.6 Å². The van der Waals surface area contributed by atoms with Gasteiger partial charge >= 0.3 is 0 Å². The van der Waals surface area contributed by atoms with Crippen LogP contribution in [0, 0.1) is 23.7 Å². The molecule has 2 atom stereocenters. The molecule has 2 spiro atoms. The predicted molar refractivity (Wildman–Crippen MR) is 84.6 cm³/mol. The predicted octanol–water partition coefficient (Wildman–Crippen LogP) is 3.45. The molecule has 5 aliphatic rings. The van der Waals surface area contributed by atoms with Crippen molar-refractivity contribution in [2.75, 3.05) is 6.54 Å². The van der Waals surface area contributed by atoms with Crippen molar-refractivity contribution >= 4 is 0 Å². The lowest BCUT2D eigenvalue weighted by Crippen LogP contribution is -2.58. The SMILES string of the molecule is CC1C=C2CC(C2)CC(C)C12OOC1(CCC(CN)CC1)OO2. The Hall–Kier alpha value is -0.460. The average Bonchev–Trinajstić information content (AvgIpc) is 2.53. The van der Waals surface area contributed by atoms with Gasteiger partial charge in [0.05, 0.1) is 0 Å². The van der Waals surface area contributed by atoms with Crippen LogP contribution in [-0.2, 0) is 19.6 Å². The molecule has 0 radical (unpaired) electrons. The van der Waals surface area contributed by atoms with E-state index >= 15 is 0 Å². The fourth-order valence-corrected chi connectivity index (χ4v) is 4.71. The summed E-state index contributed by atoms with van der Waals surface area (Å²) in [4.78, 5) is 23.7. The second-order valence-corrected chi connectivity index (χ2v) is 8.17. The van der Waals surface area contributed by atoms with Crippen LogP contribution in [0.1, 0.15) is 58.8 Å². The Morgan fingerprint density at radius 1 is 1.09 bits per heavy atom. The molecular weight excluding hydrogens is 294 g/mol. The van der Waals surface area contributed by atoms with Crippen LogP contribution in [0.15, 0.2) is 11.6 Å². The Morgan fingerprint density at radius 2 is 1.74 bits per heavy atom. The summed E-state index contributed by atoms with van der Waals surface area (Å²) in [6.45, 7) is 5.05. The molecule has 1 heterocycles. The van der Waals surface area contributed by atoms with Gasteiger partial charge < -0.3 is 5.73 Å². The van der Waals surface area contributed by atoms with Crippen LogP contribution in [0.4, 0.5) is 0 Å².